The lowest BCUT2D eigenvalue weighted by molar-refractivity contribution is -0.115. The lowest BCUT2D eigenvalue weighted by Gasteiger charge is -2.32. The molecule has 6 aromatic heterocycles. The van der Waals surface area contributed by atoms with Crippen LogP contribution in [0.3, 0.4) is 0 Å². The minimum Gasteiger partial charge on any atom is -0.412 e. The molecule has 7 heterocycles. The Hall–Kier alpha value is -4.95. The van der Waals surface area contributed by atoms with Crippen molar-refractivity contribution in [3.05, 3.63) is 154 Å². The lowest BCUT2D eigenvalue weighted by atomic mass is 9.77. The van der Waals surface area contributed by atoms with Crippen molar-refractivity contribution in [3.63, 3.8) is 0 Å². The number of nitrogens with one attached hydrogen (secondary N) is 4. The summed E-state index contributed by atoms with van der Waals surface area (Å²) in [6.45, 7) is 16.7. The molecule has 244 valence electrons. The number of H-pyrrole nitrogens is 4. The van der Waals surface area contributed by atoms with Crippen LogP contribution >= 0.6 is 0 Å². The number of aromatic nitrogens is 6. The molecule has 0 amide bonds. The first-order valence-corrected chi connectivity index (χ1v) is 15.9. The molecule has 8 heteroatoms. The number of Topliss-reactive ketones (excluding diaryl/α,β-unsaturated/α-hetero) is 1. The van der Waals surface area contributed by atoms with Crippen molar-refractivity contribution in [1.82, 2.24) is 29.9 Å². The first kappa shape index (κ1) is 33.4. The van der Waals surface area contributed by atoms with Crippen LogP contribution in [-0.4, -0.2) is 41.2 Å². The van der Waals surface area contributed by atoms with Gasteiger partial charge in [0.2, 0.25) is 0 Å². The largest absolute Gasteiger partial charge is 0.412 e. The van der Waals surface area contributed by atoms with Crippen molar-refractivity contribution in [2.75, 3.05) is 0 Å². The molecule has 8 bridgehead atoms. The highest BCUT2D eigenvalue weighted by Gasteiger charge is 2.40. The summed E-state index contributed by atoms with van der Waals surface area (Å²) in [6, 6.07) is 26.4. The number of ketones is 1. The van der Waals surface area contributed by atoms with Gasteiger partial charge in [-0.15, -0.1) is 0 Å². The van der Waals surface area contributed by atoms with Crippen LogP contribution in [0.4, 0.5) is 0 Å². The van der Waals surface area contributed by atoms with E-state index in [-0.39, 0.29) is 22.1 Å². The highest BCUT2D eigenvalue weighted by atomic mass is 16.1. The van der Waals surface area contributed by atoms with E-state index in [4.69, 9.17) is 0 Å². The van der Waals surface area contributed by atoms with E-state index in [1.807, 2.05) is 24.8 Å². The number of rotatable bonds is 2. The number of hydrogen-bond acceptors (Lipinski definition) is 3. The van der Waals surface area contributed by atoms with Gasteiger partial charge in [-0.05, 0) is 139 Å². The van der Waals surface area contributed by atoms with Gasteiger partial charge < -0.3 is 30.2 Å². The molecular weight excluding hydrogens is 584 g/mol. The molecule has 6 aromatic rings. The fourth-order valence-electron chi connectivity index (χ4n) is 6.78. The Labute approximate surface area is 276 Å². The van der Waals surface area contributed by atoms with Gasteiger partial charge >= 0.3 is 0 Å². The molecule has 0 saturated heterocycles. The number of fused-ring (bicyclic) bond motifs is 8. The minimum absolute atomic E-state index is 0. The highest BCUT2D eigenvalue weighted by molar-refractivity contribution is 5.72. The van der Waals surface area contributed by atoms with E-state index in [0.717, 1.165) is 45.6 Å². The second-order valence-corrected chi connectivity index (χ2v) is 14.0. The van der Waals surface area contributed by atoms with Crippen molar-refractivity contribution < 1.29 is 10.3 Å². The number of carbonyl (C=O) groups is 1. The summed E-state index contributed by atoms with van der Waals surface area (Å²) in [5.41, 5.74) is 10.0. The summed E-state index contributed by atoms with van der Waals surface area (Å²) >= 11 is 0. The number of aromatic amines is 4. The number of carbonyl (C=O) groups excluding carboxylic acids is 1. The van der Waals surface area contributed by atoms with Crippen LogP contribution < -0.4 is 0 Å². The summed E-state index contributed by atoms with van der Waals surface area (Å²) in [7, 11) is 0. The zero-order valence-corrected chi connectivity index (χ0v) is 28.5. The second-order valence-electron chi connectivity index (χ2n) is 14.0. The average Bonchev–Trinajstić information content (AvgIpc) is 3.87. The monoisotopic (exact) mass is 630 g/mol. The van der Waals surface area contributed by atoms with Crippen molar-refractivity contribution >= 4 is 5.78 Å². The standard InChI is InChI=1S/C36H38N6.C3H6O.H2O/c1-33(2)25-7-11-29(39-25)35(5,23-15-19-37-20-16-23)31-13-9-27(41-31)34(3,4)28-10-14-32(42-28)36(6,24-17-21-38-22-18-24)30-12-8-26(33)40-30;1-3(2)4;/h7-22,39-42H,1-6H3;1-2H3;1H2. The van der Waals surface area contributed by atoms with Crippen molar-refractivity contribution in [3.8, 4) is 0 Å². The molecule has 1 aliphatic heterocycles. The first-order valence-electron chi connectivity index (χ1n) is 15.9. The van der Waals surface area contributed by atoms with Crippen LogP contribution in [0, 0.1) is 0 Å². The van der Waals surface area contributed by atoms with Crippen molar-refractivity contribution in [1.29, 1.82) is 0 Å². The van der Waals surface area contributed by atoms with E-state index in [2.05, 4.69) is 144 Å². The van der Waals surface area contributed by atoms with E-state index < -0.39 is 10.8 Å². The highest BCUT2D eigenvalue weighted by Crippen LogP contribution is 2.44. The van der Waals surface area contributed by atoms with E-state index in [0.29, 0.717) is 0 Å². The van der Waals surface area contributed by atoms with Crippen LogP contribution in [0.15, 0.2) is 97.6 Å². The topological polar surface area (TPSA) is 138 Å². The van der Waals surface area contributed by atoms with Gasteiger partial charge in [0.15, 0.2) is 0 Å². The molecule has 0 radical (unpaired) electrons. The Kier molecular flexibility index (Phi) is 8.54. The van der Waals surface area contributed by atoms with Gasteiger partial charge in [0.1, 0.15) is 5.78 Å². The third-order valence-electron chi connectivity index (χ3n) is 10.1. The molecule has 0 fully saturated rings. The molecule has 0 unspecified atom stereocenters. The molecule has 0 aromatic carbocycles. The smallest absolute Gasteiger partial charge is 0.126 e. The van der Waals surface area contributed by atoms with E-state index in [9.17, 15) is 4.79 Å². The molecule has 8 nitrogen and oxygen atoms in total. The summed E-state index contributed by atoms with van der Waals surface area (Å²) in [6.07, 6.45) is 7.51. The SMILES string of the molecule is CC(C)=O.CC1(C)c2ccc([nH]2)C(C)(c2ccncc2)c2ccc([nH]2)C(C)(C)c2ccc([nH]2)C(C)(c2ccncc2)c2ccc1[nH]2.O. The van der Waals surface area contributed by atoms with Crippen LogP contribution in [0.25, 0.3) is 0 Å². The maximum atomic E-state index is 9.44. The molecule has 47 heavy (non-hydrogen) atoms. The number of hydrogen-bond donors (Lipinski definition) is 4. The third-order valence-corrected chi connectivity index (χ3v) is 10.1. The fraction of sp³-hybridized carbons (Fsp3) is 0.308. The summed E-state index contributed by atoms with van der Waals surface area (Å²) in [5, 5.41) is 0. The van der Waals surface area contributed by atoms with Gasteiger partial charge in [-0.2, -0.15) is 0 Å². The summed E-state index contributed by atoms with van der Waals surface area (Å²) < 4.78 is 0. The van der Waals surface area contributed by atoms with Crippen molar-refractivity contribution in [2.45, 2.75) is 77.0 Å². The normalized spacial score (nSPS) is 20.8. The van der Waals surface area contributed by atoms with Crippen LogP contribution in [0.5, 0.6) is 0 Å². The second kappa shape index (κ2) is 12.0. The van der Waals surface area contributed by atoms with Gasteiger partial charge in [-0.1, -0.05) is 0 Å². The molecule has 7 rings (SSSR count). The number of nitrogens with zero attached hydrogens (tertiary/aromatic N) is 2. The Morgan fingerprint density at radius 3 is 0.894 bits per heavy atom. The zero-order valence-electron chi connectivity index (χ0n) is 28.5. The molecule has 1 aliphatic rings. The molecule has 0 aliphatic carbocycles. The molecule has 0 atom stereocenters. The van der Waals surface area contributed by atoms with E-state index >= 15 is 0 Å². The molecule has 0 saturated carbocycles. The maximum absolute atomic E-state index is 9.44. The third kappa shape index (κ3) is 5.46. The molecule has 6 N–H and O–H groups in total. The summed E-state index contributed by atoms with van der Waals surface area (Å²) in [5.74, 6) is 0.167. The Bertz CT molecular complexity index is 1740. The fourth-order valence-corrected chi connectivity index (χ4v) is 6.78. The van der Waals surface area contributed by atoms with Gasteiger partial charge in [-0.3, -0.25) is 9.97 Å². The van der Waals surface area contributed by atoms with Crippen LogP contribution in [-0.2, 0) is 26.5 Å². The lowest BCUT2D eigenvalue weighted by Crippen LogP contribution is -2.29. The van der Waals surface area contributed by atoms with Crippen molar-refractivity contribution in [2.24, 2.45) is 0 Å². The predicted molar refractivity (Wildman–Crippen MR) is 187 cm³/mol. The van der Waals surface area contributed by atoms with Crippen LogP contribution in [0.2, 0.25) is 0 Å². The summed E-state index contributed by atoms with van der Waals surface area (Å²) in [4.78, 5) is 33.6. The minimum atomic E-state index is -0.440. The van der Waals surface area contributed by atoms with Gasteiger partial charge in [0.25, 0.3) is 0 Å². The zero-order chi connectivity index (χ0) is 32.9. The Balaban J connectivity index is 0.000000822. The maximum Gasteiger partial charge on any atom is 0.126 e. The van der Waals surface area contributed by atoms with E-state index in [1.165, 1.54) is 25.0 Å². The Morgan fingerprint density at radius 1 is 0.447 bits per heavy atom. The van der Waals surface area contributed by atoms with Gasteiger partial charge in [0, 0.05) is 81.2 Å². The van der Waals surface area contributed by atoms with E-state index in [1.54, 1.807) is 0 Å². The van der Waals surface area contributed by atoms with Gasteiger partial charge in [-0.25, -0.2) is 0 Å². The average molecular weight is 631 g/mol. The first-order chi connectivity index (χ1) is 21.8. The van der Waals surface area contributed by atoms with Crippen LogP contribution in [0.1, 0.15) is 112 Å². The number of pyridine rings is 2. The molecule has 0 spiro atoms. The Morgan fingerprint density at radius 2 is 0.660 bits per heavy atom. The van der Waals surface area contributed by atoms with Gasteiger partial charge in [0.05, 0.1) is 10.8 Å². The predicted octanol–water partition coefficient (Wildman–Crippen LogP) is 7.23. The molecular formula is C39H46N6O2. The quantitative estimate of drug-likeness (QED) is 0.161.